The van der Waals surface area contributed by atoms with Gasteiger partial charge in [-0.1, -0.05) is 80.1 Å². The number of rotatable bonds is 6. The lowest BCUT2D eigenvalue weighted by molar-refractivity contribution is 0.333. The Morgan fingerprint density at radius 1 is 0.840 bits per heavy atom. The summed E-state index contributed by atoms with van der Waals surface area (Å²) in [7, 11) is 0. The van der Waals surface area contributed by atoms with E-state index in [0.29, 0.717) is 12.0 Å². The zero-order valence-corrected chi connectivity index (χ0v) is 15.6. The minimum atomic E-state index is 0.699. The molecule has 132 valence electrons. The molecule has 1 nitrogen and oxygen atoms in total. The average molecular weight is 354 g/mol. The van der Waals surface area contributed by atoms with Gasteiger partial charge >= 0.3 is 0 Å². The molecule has 25 heavy (non-hydrogen) atoms. The van der Waals surface area contributed by atoms with Crippen LogP contribution in [0.1, 0.15) is 56.4 Å². The molecule has 0 spiro atoms. The van der Waals surface area contributed by atoms with Gasteiger partial charge in [0.15, 0.2) is 0 Å². The normalized spacial score (nSPS) is 23.6. The number of benzene rings is 2. The third-order valence-electron chi connectivity index (χ3n) is 5.99. The van der Waals surface area contributed by atoms with Crippen molar-refractivity contribution in [3.8, 4) is 11.1 Å². The third-order valence-corrected chi connectivity index (χ3v) is 6.24. The van der Waals surface area contributed by atoms with Crippen LogP contribution in [-0.4, -0.2) is 12.6 Å². The second-order valence-corrected chi connectivity index (χ2v) is 8.26. The molecule has 2 atom stereocenters. The van der Waals surface area contributed by atoms with Gasteiger partial charge in [0, 0.05) is 17.0 Å². The van der Waals surface area contributed by atoms with Crippen molar-refractivity contribution in [2.75, 3.05) is 6.54 Å². The van der Waals surface area contributed by atoms with E-state index in [4.69, 9.17) is 11.6 Å². The number of halogens is 1. The Balaban J connectivity index is 1.26. The van der Waals surface area contributed by atoms with Crippen molar-refractivity contribution in [1.82, 2.24) is 5.32 Å². The van der Waals surface area contributed by atoms with Crippen LogP contribution in [0.25, 0.3) is 11.1 Å². The molecule has 0 radical (unpaired) electrons. The Morgan fingerprint density at radius 3 is 2.16 bits per heavy atom. The molecule has 0 heterocycles. The molecule has 0 amide bonds. The smallest absolute Gasteiger partial charge is 0.0406 e. The topological polar surface area (TPSA) is 12.0 Å². The highest BCUT2D eigenvalue weighted by atomic mass is 35.5. The van der Waals surface area contributed by atoms with Gasteiger partial charge in [0.25, 0.3) is 0 Å². The van der Waals surface area contributed by atoms with E-state index in [2.05, 4.69) is 41.7 Å². The molecule has 2 aromatic carbocycles. The van der Waals surface area contributed by atoms with Gasteiger partial charge in [0.05, 0.1) is 0 Å². The highest BCUT2D eigenvalue weighted by Crippen LogP contribution is 2.41. The summed E-state index contributed by atoms with van der Waals surface area (Å²) in [5.74, 6) is 1.70. The second-order valence-electron chi connectivity index (χ2n) is 7.82. The van der Waals surface area contributed by atoms with Crippen LogP contribution in [0.4, 0.5) is 0 Å². The predicted molar refractivity (Wildman–Crippen MR) is 107 cm³/mol. The van der Waals surface area contributed by atoms with E-state index >= 15 is 0 Å². The van der Waals surface area contributed by atoms with E-state index in [0.717, 1.165) is 10.9 Å². The van der Waals surface area contributed by atoms with Gasteiger partial charge in [-0.25, -0.2) is 0 Å². The summed E-state index contributed by atoms with van der Waals surface area (Å²) in [6.45, 7) is 1.20. The summed E-state index contributed by atoms with van der Waals surface area (Å²) in [6, 6.07) is 17.9. The van der Waals surface area contributed by atoms with E-state index in [9.17, 15) is 0 Å². The van der Waals surface area contributed by atoms with E-state index in [-0.39, 0.29) is 0 Å². The Morgan fingerprint density at radius 2 is 1.48 bits per heavy atom. The van der Waals surface area contributed by atoms with Gasteiger partial charge in [-0.15, -0.1) is 0 Å². The number of hydrogen-bond donors (Lipinski definition) is 1. The first-order valence-electron chi connectivity index (χ1n) is 9.89. The lowest BCUT2D eigenvalue weighted by Crippen LogP contribution is -2.22. The Bertz CT molecular complexity index is 670. The van der Waals surface area contributed by atoms with E-state index in [1.54, 1.807) is 0 Å². The highest BCUT2D eigenvalue weighted by molar-refractivity contribution is 6.30. The maximum absolute atomic E-state index is 5.97. The molecule has 2 fully saturated rings. The van der Waals surface area contributed by atoms with Gasteiger partial charge in [0.2, 0.25) is 0 Å². The van der Waals surface area contributed by atoms with E-state index in [1.807, 2.05) is 12.1 Å². The van der Waals surface area contributed by atoms with Crippen LogP contribution in [0, 0.1) is 5.92 Å². The molecule has 0 aliphatic heterocycles. The standard InChI is InChI=1S/C23H28ClN/c24-21-12-10-19(11-13-21)18-6-8-20(9-7-18)22-16-23(22)25-15-14-17-4-2-1-3-5-17/h6-13,17,22-23,25H,1-5,14-16H2. The van der Waals surface area contributed by atoms with Crippen molar-refractivity contribution in [3.63, 3.8) is 0 Å². The average Bonchev–Trinajstić information content (AvgIpc) is 3.43. The van der Waals surface area contributed by atoms with Gasteiger partial charge < -0.3 is 5.32 Å². The predicted octanol–water partition coefficient (Wildman–Crippen LogP) is 6.42. The highest BCUT2D eigenvalue weighted by Gasteiger charge is 2.37. The van der Waals surface area contributed by atoms with Crippen molar-refractivity contribution in [2.24, 2.45) is 5.92 Å². The van der Waals surface area contributed by atoms with Crippen LogP contribution >= 0.6 is 11.6 Å². The summed E-state index contributed by atoms with van der Waals surface area (Å²) in [5.41, 5.74) is 3.98. The molecule has 4 rings (SSSR count). The maximum Gasteiger partial charge on any atom is 0.0406 e. The Kier molecular flexibility index (Phi) is 5.43. The minimum Gasteiger partial charge on any atom is -0.313 e. The lowest BCUT2D eigenvalue weighted by atomic mass is 9.87. The molecule has 1 N–H and O–H groups in total. The second kappa shape index (κ2) is 7.93. The molecule has 0 aromatic heterocycles. The van der Waals surface area contributed by atoms with Gasteiger partial charge in [-0.3, -0.25) is 0 Å². The first-order chi connectivity index (χ1) is 12.3. The summed E-state index contributed by atoms with van der Waals surface area (Å²) in [4.78, 5) is 0. The van der Waals surface area contributed by atoms with Crippen molar-refractivity contribution in [2.45, 2.75) is 56.9 Å². The van der Waals surface area contributed by atoms with Crippen LogP contribution < -0.4 is 5.32 Å². The first kappa shape index (κ1) is 17.1. The van der Waals surface area contributed by atoms with Crippen molar-refractivity contribution in [1.29, 1.82) is 0 Å². The van der Waals surface area contributed by atoms with Crippen LogP contribution in [0.2, 0.25) is 5.02 Å². The molecule has 2 aliphatic rings. The molecule has 2 unspecified atom stereocenters. The van der Waals surface area contributed by atoms with Gasteiger partial charge in [0.1, 0.15) is 0 Å². The lowest BCUT2D eigenvalue weighted by Gasteiger charge is -2.21. The molecule has 2 saturated carbocycles. The monoisotopic (exact) mass is 353 g/mol. The Labute approximate surface area is 156 Å². The van der Waals surface area contributed by atoms with Crippen LogP contribution in [0.3, 0.4) is 0 Å². The molecular formula is C23H28ClN. The van der Waals surface area contributed by atoms with Crippen LogP contribution in [0.15, 0.2) is 48.5 Å². The van der Waals surface area contributed by atoms with Crippen LogP contribution in [0.5, 0.6) is 0 Å². The van der Waals surface area contributed by atoms with Gasteiger partial charge in [-0.2, -0.15) is 0 Å². The largest absolute Gasteiger partial charge is 0.313 e. The summed E-state index contributed by atoms with van der Waals surface area (Å²) in [5, 5.41) is 4.58. The molecule has 2 heteroatoms. The quantitative estimate of drug-likeness (QED) is 0.631. The number of hydrogen-bond acceptors (Lipinski definition) is 1. The molecular weight excluding hydrogens is 326 g/mol. The zero-order chi connectivity index (χ0) is 17.1. The van der Waals surface area contributed by atoms with Crippen molar-refractivity contribution >= 4 is 11.6 Å². The third kappa shape index (κ3) is 4.46. The van der Waals surface area contributed by atoms with Crippen LogP contribution in [-0.2, 0) is 0 Å². The number of nitrogens with one attached hydrogen (secondary N) is 1. The van der Waals surface area contributed by atoms with E-state index < -0.39 is 0 Å². The minimum absolute atomic E-state index is 0.699. The molecule has 0 saturated heterocycles. The molecule has 2 aromatic rings. The SMILES string of the molecule is Clc1ccc(-c2ccc(C3CC3NCCC3CCCCC3)cc2)cc1. The van der Waals surface area contributed by atoms with Crippen molar-refractivity contribution in [3.05, 3.63) is 59.1 Å². The molecule has 2 aliphatic carbocycles. The fourth-order valence-corrected chi connectivity index (χ4v) is 4.43. The van der Waals surface area contributed by atoms with E-state index in [1.165, 1.54) is 68.2 Å². The van der Waals surface area contributed by atoms with Gasteiger partial charge in [-0.05, 0) is 54.1 Å². The Hall–Kier alpha value is -1.31. The zero-order valence-electron chi connectivity index (χ0n) is 14.9. The first-order valence-corrected chi connectivity index (χ1v) is 10.3. The summed E-state index contributed by atoms with van der Waals surface area (Å²) in [6.07, 6.45) is 9.96. The molecule has 0 bridgehead atoms. The maximum atomic E-state index is 5.97. The summed E-state index contributed by atoms with van der Waals surface area (Å²) < 4.78 is 0. The fraction of sp³-hybridized carbons (Fsp3) is 0.478. The fourth-order valence-electron chi connectivity index (χ4n) is 4.30. The van der Waals surface area contributed by atoms with Crippen molar-refractivity contribution < 1.29 is 0 Å². The summed E-state index contributed by atoms with van der Waals surface area (Å²) >= 11 is 5.97.